The molecule has 4 heteroatoms. The number of rotatable bonds is 7. The van der Waals surface area contributed by atoms with Crippen LogP contribution in [0.2, 0.25) is 0 Å². The van der Waals surface area contributed by atoms with Crippen LogP contribution in [-0.4, -0.2) is 29.9 Å². The monoisotopic (exact) mass is 239 g/mol. The van der Waals surface area contributed by atoms with Gasteiger partial charge < -0.3 is 4.74 Å². The second-order valence-corrected chi connectivity index (χ2v) is 4.31. The number of carbonyl (C=O) groups is 2. The van der Waals surface area contributed by atoms with Gasteiger partial charge >= 0.3 is 5.97 Å². The number of carbonyl (C=O) groups excluding carboxylic acids is 2. The van der Waals surface area contributed by atoms with Crippen molar-refractivity contribution < 1.29 is 14.3 Å². The molecule has 0 amide bonds. The van der Waals surface area contributed by atoms with Crippen molar-refractivity contribution in [2.24, 2.45) is 0 Å². The van der Waals surface area contributed by atoms with Crippen molar-refractivity contribution in [3.8, 4) is 0 Å². The van der Waals surface area contributed by atoms with E-state index >= 15 is 0 Å². The Morgan fingerprint density at radius 3 is 2.62 bits per heavy atom. The third-order valence-corrected chi connectivity index (χ3v) is 2.92. The molecule has 1 fully saturated rings. The van der Waals surface area contributed by atoms with E-state index in [0.717, 1.165) is 5.92 Å². The molecule has 5 radical (unpaired) electrons. The van der Waals surface area contributed by atoms with Gasteiger partial charge in [-0.3, -0.25) is 9.59 Å². The summed E-state index contributed by atoms with van der Waals surface area (Å²) < 4.78 is 4.78. The molecule has 0 unspecified atom stereocenters. The molecule has 87 valence electrons. The predicted molar refractivity (Wildman–Crippen MR) is 64.0 cm³/mol. The normalized spacial score (nSPS) is 16.3. The molecular weight excluding hydrogens is 224 g/mol. The first-order valence-electron chi connectivity index (χ1n) is 5.22. The molecule has 0 aromatic carbocycles. The van der Waals surface area contributed by atoms with E-state index in [-0.39, 0.29) is 11.8 Å². The van der Waals surface area contributed by atoms with E-state index in [1.807, 2.05) is 12.8 Å². The molecular formula is C12H15O3S. The summed E-state index contributed by atoms with van der Waals surface area (Å²) in [4.78, 5) is 22.5. The maximum atomic E-state index is 11.5. The lowest BCUT2D eigenvalue weighted by Crippen LogP contribution is -2.11. The van der Waals surface area contributed by atoms with Gasteiger partial charge in [-0.05, 0) is 32.6 Å². The van der Waals surface area contributed by atoms with Crippen molar-refractivity contribution in [2.45, 2.75) is 13.3 Å². The van der Waals surface area contributed by atoms with Gasteiger partial charge in [0, 0.05) is 18.1 Å². The van der Waals surface area contributed by atoms with E-state index < -0.39 is 0 Å². The average Bonchev–Trinajstić information content (AvgIpc) is 2.78. The Morgan fingerprint density at radius 1 is 1.31 bits per heavy atom. The summed E-state index contributed by atoms with van der Waals surface area (Å²) in [5.74, 6) is 1.64. The Kier molecular flexibility index (Phi) is 6.53. The van der Waals surface area contributed by atoms with Gasteiger partial charge in [0.25, 0.3) is 0 Å². The van der Waals surface area contributed by atoms with Crippen LogP contribution >= 0.6 is 11.8 Å². The van der Waals surface area contributed by atoms with Crippen LogP contribution in [0.1, 0.15) is 13.3 Å². The first-order valence-corrected chi connectivity index (χ1v) is 6.37. The van der Waals surface area contributed by atoms with E-state index in [9.17, 15) is 9.59 Å². The van der Waals surface area contributed by atoms with Gasteiger partial charge in [-0.2, -0.15) is 0 Å². The van der Waals surface area contributed by atoms with Crippen molar-refractivity contribution in [3.05, 3.63) is 31.6 Å². The van der Waals surface area contributed by atoms with Crippen molar-refractivity contribution in [1.29, 1.82) is 0 Å². The molecule has 0 saturated heterocycles. The highest BCUT2D eigenvalue weighted by Gasteiger charge is 2.23. The second-order valence-electron chi connectivity index (χ2n) is 3.20. The smallest absolute Gasteiger partial charge is 0.315 e. The molecule has 0 atom stereocenters. The van der Waals surface area contributed by atoms with Gasteiger partial charge in [0.1, 0.15) is 5.78 Å². The van der Waals surface area contributed by atoms with Gasteiger partial charge in [0.2, 0.25) is 0 Å². The molecule has 1 rings (SSSR count). The van der Waals surface area contributed by atoms with Gasteiger partial charge in [-0.15, -0.1) is 11.8 Å². The van der Waals surface area contributed by atoms with Crippen LogP contribution in [0, 0.1) is 31.6 Å². The number of ketones is 1. The zero-order valence-corrected chi connectivity index (χ0v) is 10.1. The second kappa shape index (κ2) is 7.71. The van der Waals surface area contributed by atoms with Crippen molar-refractivity contribution in [3.63, 3.8) is 0 Å². The summed E-state index contributed by atoms with van der Waals surface area (Å²) in [6.07, 6.45) is 7.77. The minimum absolute atomic E-state index is 0.126. The summed E-state index contributed by atoms with van der Waals surface area (Å²) in [6.45, 7) is 2.19. The Labute approximate surface area is 101 Å². The third-order valence-electron chi connectivity index (χ3n) is 1.98. The zero-order chi connectivity index (χ0) is 11.8. The van der Waals surface area contributed by atoms with Gasteiger partial charge in [-0.1, -0.05) is 0 Å². The Hall–Kier alpha value is -0.510. The molecule has 0 aliphatic heterocycles. The number of thioether (sulfide) groups is 1. The topological polar surface area (TPSA) is 43.4 Å². The van der Waals surface area contributed by atoms with E-state index in [4.69, 9.17) is 4.74 Å². The largest absolute Gasteiger partial charge is 0.465 e. The molecule has 0 aromatic rings. The maximum absolute atomic E-state index is 11.5. The quantitative estimate of drug-likeness (QED) is 0.500. The molecule has 0 aromatic heterocycles. The molecule has 1 aliphatic rings. The molecule has 1 saturated carbocycles. The molecule has 0 bridgehead atoms. The van der Waals surface area contributed by atoms with Crippen molar-refractivity contribution in [1.82, 2.24) is 0 Å². The summed E-state index contributed by atoms with van der Waals surface area (Å²) >= 11 is 1.43. The molecule has 0 heterocycles. The van der Waals surface area contributed by atoms with E-state index in [1.165, 1.54) is 11.8 Å². The molecule has 0 spiro atoms. The van der Waals surface area contributed by atoms with Crippen LogP contribution in [0.3, 0.4) is 0 Å². The fourth-order valence-corrected chi connectivity index (χ4v) is 1.95. The highest BCUT2D eigenvalue weighted by molar-refractivity contribution is 7.99. The standard InChI is InChI=1S/C12H15O3S/c1-2-15-12(14)9-16-8-7-11(13)10-5-3-4-6-10/h3-6H,2,7-9H2,1H3. The van der Waals surface area contributed by atoms with E-state index in [1.54, 1.807) is 19.8 Å². The summed E-state index contributed by atoms with van der Waals surface area (Å²) in [7, 11) is 0. The van der Waals surface area contributed by atoms with Crippen LogP contribution in [0.25, 0.3) is 0 Å². The van der Waals surface area contributed by atoms with Crippen LogP contribution in [0.15, 0.2) is 0 Å². The lowest BCUT2D eigenvalue weighted by atomic mass is 10.0. The van der Waals surface area contributed by atoms with Gasteiger partial charge in [0.15, 0.2) is 0 Å². The van der Waals surface area contributed by atoms with Gasteiger partial charge in [0.05, 0.1) is 12.4 Å². The van der Waals surface area contributed by atoms with Crippen LogP contribution in [0.4, 0.5) is 0 Å². The van der Waals surface area contributed by atoms with Gasteiger partial charge in [-0.25, -0.2) is 0 Å². The Bertz CT molecular complexity index is 234. The highest BCUT2D eigenvalue weighted by Crippen LogP contribution is 2.25. The average molecular weight is 239 g/mol. The number of esters is 1. The number of hydrogen-bond acceptors (Lipinski definition) is 4. The number of hydrogen-bond donors (Lipinski definition) is 0. The highest BCUT2D eigenvalue weighted by atomic mass is 32.2. The molecule has 0 N–H and O–H groups in total. The molecule has 3 nitrogen and oxygen atoms in total. The summed E-state index contributed by atoms with van der Waals surface area (Å²) in [5.41, 5.74) is 0. The maximum Gasteiger partial charge on any atom is 0.315 e. The third kappa shape index (κ3) is 5.01. The minimum Gasteiger partial charge on any atom is -0.465 e. The minimum atomic E-state index is -0.215. The lowest BCUT2D eigenvalue weighted by molar-refractivity contribution is -0.139. The first kappa shape index (κ1) is 13.6. The van der Waals surface area contributed by atoms with E-state index in [0.29, 0.717) is 24.5 Å². The van der Waals surface area contributed by atoms with E-state index in [2.05, 4.69) is 0 Å². The number of Topliss-reactive ketones (excluding diaryl/α,β-unsaturated/α-hetero) is 1. The SMILES string of the molecule is CCOC(=O)CSCCC(=O)[C]1[CH][CH][CH][CH]1. The predicted octanol–water partition coefficient (Wildman–Crippen LogP) is 1.65. The van der Waals surface area contributed by atoms with Crippen LogP contribution in [0.5, 0.6) is 0 Å². The first-order chi connectivity index (χ1) is 7.74. The van der Waals surface area contributed by atoms with Crippen LogP contribution < -0.4 is 0 Å². The molecule has 1 aliphatic carbocycles. The zero-order valence-electron chi connectivity index (χ0n) is 9.27. The van der Waals surface area contributed by atoms with Crippen molar-refractivity contribution >= 4 is 23.5 Å². The summed E-state index contributed by atoms with van der Waals surface area (Å²) in [6, 6.07) is 0. The lowest BCUT2D eigenvalue weighted by Gasteiger charge is -2.05. The fraction of sp³-hybridized carbons (Fsp3) is 0.417. The van der Waals surface area contributed by atoms with Crippen molar-refractivity contribution in [2.75, 3.05) is 18.1 Å². The number of ether oxygens (including phenoxy) is 1. The summed E-state index contributed by atoms with van der Waals surface area (Å²) in [5, 5.41) is 0. The Morgan fingerprint density at radius 2 is 2.00 bits per heavy atom. The fourth-order valence-electron chi connectivity index (χ4n) is 1.23. The molecule has 16 heavy (non-hydrogen) atoms. The Balaban J connectivity index is 2.02. The van der Waals surface area contributed by atoms with Crippen LogP contribution in [-0.2, 0) is 14.3 Å².